The Morgan fingerprint density at radius 3 is 2.70 bits per heavy atom. The summed E-state index contributed by atoms with van der Waals surface area (Å²) in [6.07, 6.45) is 0.560. The molecule has 0 atom stereocenters. The lowest BCUT2D eigenvalue weighted by Crippen LogP contribution is -2.27. The molecule has 0 radical (unpaired) electrons. The van der Waals surface area contributed by atoms with Crippen molar-refractivity contribution in [1.29, 1.82) is 0 Å². The Bertz CT molecular complexity index is 108. The monoisotopic (exact) mass is 165 g/mol. The Kier molecular flexibility index (Phi) is 5.12. The maximum absolute atomic E-state index is 10.8. The number of amides is 1. The number of alkyl halides is 1. The SMILES string of the molecule is CCCN(C)C(=O)OCCl. The fourth-order valence-electron chi connectivity index (χ4n) is 0.584. The second kappa shape index (κ2) is 5.35. The fraction of sp³-hybridized carbons (Fsp3) is 0.833. The molecule has 0 aromatic rings. The first kappa shape index (κ1) is 9.56. The van der Waals surface area contributed by atoms with Gasteiger partial charge in [0, 0.05) is 13.6 Å². The molecule has 60 valence electrons. The van der Waals surface area contributed by atoms with Crippen LogP contribution in [0.3, 0.4) is 0 Å². The average molecular weight is 166 g/mol. The van der Waals surface area contributed by atoms with Crippen LogP contribution >= 0.6 is 11.6 Å². The van der Waals surface area contributed by atoms with E-state index in [2.05, 4.69) is 4.74 Å². The summed E-state index contributed by atoms with van der Waals surface area (Å²) in [7, 11) is 1.68. The third-order valence-electron chi connectivity index (χ3n) is 1.05. The van der Waals surface area contributed by atoms with Crippen molar-refractivity contribution in [2.24, 2.45) is 0 Å². The van der Waals surface area contributed by atoms with Gasteiger partial charge in [-0.25, -0.2) is 4.79 Å². The van der Waals surface area contributed by atoms with E-state index in [1.165, 1.54) is 4.90 Å². The molecule has 0 heterocycles. The van der Waals surface area contributed by atoms with Gasteiger partial charge in [0.15, 0.2) is 6.07 Å². The lowest BCUT2D eigenvalue weighted by Gasteiger charge is -2.13. The number of carbonyl (C=O) groups is 1. The van der Waals surface area contributed by atoms with Crippen molar-refractivity contribution in [3.8, 4) is 0 Å². The van der Waals surface area contributed by atoms with Crippen LogP contribution in [-0.2, 0) is 4.74 Å². The molecule has 0 bridgehead atoms. The van der Waals surface area contributed by atoms with Crippen molar-refractivity contribution in [2.75, 3.05) is 19.7 Å². The minimum Gasteiger partial charge on any atom is -0.433 e. The number of carbonyl (C=O) groups excluding carboxylic acids is 1. The Morgan fingerprint density at radius 2 is 2.30 bits per heavy atom. The summed E-state index contributed by atoms with van der Waals surface area (Å²) in [6.45, 7) is 2.69. The van der Waals surface area contributed by atoms with Gasteiger partial charge in [-0.1, -0.05) is 18.5 Å². The number of ether oxygens (including phenoxy) is 1. The van der Waals surface area contributed by atoms with Crippen LogP contribution in [-0.4, -0.2) is 30.7 Å². The molecule has 0 fully saturated rings. The molecule has 0 rings (SSSR count). The standard InChI is InChI=1S/C6H12ClNO2/c1-3-4-8(2)6(9)10-5-7/h3-5H2,1-2H3. The van der Waals surface area contributed by atoms with Gasteiger partial charge in [0.1, 0.15) is 0 Å². The fourth-order valence-corrected chi connectivity index (χ4v) is 0.677. The van der Waals surface area contributed by atoms with Gasteiger partial charge in [0.2, 0.25) is 0 Å². The molecular weight excluding hydrogens is 154 g/mol. The van der Waals surface area contributed by atoms with Crippen molar-refractivity contribution >= 4 is 17.7 Å². The summed E-state index contributed by atoms with van der Waals surface area (Å²) in [5, 5.41) is 0. The van der Waals surface area contributed by atoms with Gasteiger partial charge < -0.3 is 9.64 Å². The van der Waals surface area contributed by atoms with Gasteiger partial charge in [-0.05, 0) is 6.42 Å². The summed E-state index contributed by atoms with van der Waals surface area (Å²) < 4.78 is 4.51. The summed E-state index contributed by atoms with van der Waals surface area (Å²) in [6, 6.07) is -0.0765. The summed E-state index contributed by atoms with van der Waals surface area (Å²) in [4.78, 5) is 12.2. The maximum atomic E-state index is 10.8. The number of nitrogens with zero attached hydrogens (tertiary/aromatic N) is 1. The second-order valence-corrected chi connectivity index (χ2v) is 2.16. The van der Waals surface area contributed by atoms with E-state index in [1.807, 2.05) is 6.92 Å². The minimum atomic E-state index is -0.364. The molecule has 0 aliphatic heterocycles. The molecule has 0 saturated heterocycles. The van der Waals surface area contributed by atoms with E-state index >= 15 is 0 Å². The van der Waals surface area contributed by atoms with Crippen LogP contribution in [0.2, 0.25) is 0 Å². The van der Waals surface area contributed by atoms with Crippen LogP contribution in [0.25, 0.3) is 0 Å². The molecule has 0 unspecified atom stereocenters. The first-order valence-corrected chi connectivity index (χ1v) is 3.69. The highest BCUT2D eigenvalue weighted by Crippen LogP contribution is 1.92. The van der Waals surface area contributed by atoms with Crippen LogP contribution in [0.15, 0.2) is 0 Å². The highest BCUT2D eigenvalue weighted by molar-refractivity contribution is 6.17. The zero-order chi connectivity index (χ0) is 7.98. The van der Waals surface area contributed by atoms with E-state index in [1.54, 1.807) is 7.05 Å². The van der Waals surface area contributed by atoms with E-state index in [4.69, 9.17) is 11.6 Å². The molecule has 1 amide bonds. The third kappa shape index (κ3) is 3.56. The van der Waals surface area contributed by atoms with Gasteiger partial charge in [-0.3, -0.25) is 0 Å². The topological polar surface area (TPSA) is 29.5 Å². The quantitative estimate of drug-likeness (QED) is 0.596. The van der Waals surface area contributed by atoms with Crippen molar-refractivity contribution in [3.05, 3.63) is 0 Å². The highest BCUT2D eigenvalue weighted by Gasteiger charge is 2.06. The predicted octanol–water partition coefficient (Wildman–Crippen LogP) is 1.66. The normalized spacial score (nSPS) is 9.10. The molecule has 0 aliphatic rings. The summed E-state index contributed by atoms with van der Waals surface area (Å²) in [5.74, 6) is 0. The third-order valence-corrected chi connectivity index (χ3v) is 1.16. The van der Waals surface area contributed by atoms with Gasteiger partial charge in [0.25, 0.3) is 0 Å². The highest BCUT2D eigenvalue weighted by atomic mass is 35.5. The zero-order valence-corrected chi connectivity index (χ0v) is 7.02. The lowest BCUT2D eigenvalue weighted by atomic mass is 10.5. The molecule has 0 aromatic heterocycles. The van der Waals surface area contributed by atoms with E-state index in [0.717, 1.165) is 6.42 Å². The van der Waals surface area contributed by atoms with Gasteiger partial charge in [0.05, 0.1) is 0 Å². The van der Waals surface area contributed by atoms with Gasteiger partial charge >= 0.3 is 6.09 Å². The van der Waals surface area contributed by atoms with Gasteiger partial charge in [-0.15, -0.1) is 0 Å². The largest absolute Gasteiger partial charge is 0.433 e. The van der Waals surface area contributed by atoms with Crippen LogP contribution in [0, 0.1) is 0 Å². The van der Waals surface area contributed by atoms with Crippen LogP contribution in [0.5, 0.6) is 0 Å². The number of halogens is 1. The van der Waals surface area contributed by atoms with Crippen LogP contribution in [0.1, 0.15) is 13.3 Å². The smallest absolute Gasteiger partial charge is 0.410 e. The second-order valence-electron chi connectivity index (χ2n) is 1.94. The van der Waals surface area contributed by atoms with E-state index in [-0.39, 0.29) is 12.2 Å². The number of hydrogen-bond donors (Lipinski definition) is 0. The molecule has 4 heteroatoms. The first-order chi connectivity index (χ1) is 4.72. The Balaban J connectivity index is 3.49. The van der Waals surface area contributed by atoms with E-state index in [0.29, 0.717) is 6.54 Å². The van der Waals surface area contributed by atoms with Crippen molar-refractivity contribution in [3.63, 3.8) is 0 Å². The van der Waals surface area contributed by atoms with Crippen molar-refractivity contribution in [2.45, 2.75) is 13.3 Å². The molecule has 0 aliphatic carbocycles. The van der Waals surface area contributed by atoms with Crippen LogP contribution in [0.4, 0.5) is 4.79 Å². The van der Waals surface area contributed by atoms with Crippen molar-refractivity contribution in [1.82, 2.24) is 4.90 Å². The number of hydrogen-bond acceptors (Lipinski definition) is 2. The molecular formula is C6H12ClNO2. The maximum Gasteiger partial charge on any atom is 0.410 e. The average Bonchev–Trinajstić information content (AvgIpc) is 1.89. The Morgan fingerprint density at radius 1 is 1.70 bits per heavy atom. The number of rotatable bonds is 3. The van der Waals surface area contributed by atoms with E-state index < -0.39 is 0 Å². The first-order valence-electron chi connectivity index (χ1n) is 3.16. The molecule has 0 saturated carbocycles. The zero-order valence-electron chi connectivity index (χ0n) is 6.26. The molecule has 10 heavy (non-hydrogen) atoms. The molecule has 0 N–H and O–H groups in total. The minimum absolute atomic E-state index is 0.0765. The van der Waals surface area contributed by atoms with Gasteiger partial charge in [-0.2, -0.15) is 0 Å². The van der Waals surface area contributed by atoms with E-state index in [9.17, 15) is 4.79 Å². The molecule has 0 aromatic carbocycles. The predicted molar refractivity (Wildman–Crippen MR) is 40.1 cm³/mol. The summed E-state index contributed by atoms with van der Waals surface area (Å²) in [5.41, 5.74) is 0. The Hall–Kier alpha value is -0.440. The molecule has 3 nitrogen and oxygen atoms in total. The Labute approximate surface area is 65.9 Å². The lowest BCUT2D eigenvalue weighted by molar-refractivity contribution is 0.127. The summed E-state index contributed by atoms with van der Waals surface area (Å²) >= 11 is 5.17. The molecule has 0 spiro atoms. The van der Waals surface area contributed by atoms with Crippen molar-refractivity contribution < 1.29 is 9.53 Å². The van der Waals surface area contributed by atoms with Crippen LogP contribution < -0.4 is 0 Å².